The Bertz CT molecular complexity index is 201. The van der Waals surface area contributed by atoms with Gasteiger partial charge in [-0.25, -0.2) is 5.09 Å². The highest BCUT2D eigenvalue weighted by Crippen LogP contribution is 2.27. The van der Waals surface area contributed by atoms with E-state index >= 15 is 0 Å². The zero-order valence-corrected chi connectivity index (χ0v) is 10.8. The Hall–Kier alpha value is 0.280. The predicted octanol–water partition coefficient (Wildman–Crippen LogP) is -1.71. The highest BCUT2D eigenvalue weighted by molar-refractivity contribution is 7.54. The first kappa shape index (κ1) is 18.6. The van der Waals surface area contributed by atoms with E-state index in [2.05, 4.69) is 5.09 Å². The quantitative estimate of drug-likeness (QED) is 0.251. The second-order valence-corrected chi connectivity index (χ2v) is 5.77. The minimum atomic E-state index is -3.02. The third-order valence-corrected chi connectivity index (χ3v) is 2.44. The normalized spacial score (nSPS) is 14.9. The summed E-state index contributed by atoms with van der Waals surface area (Å²) in [4.78, 5) is 8.53. The monoisotopic (exact) mass is 278 g/mol. The highest BCUT2D eigenvalue weighted by atomic mass is 35.5. The summed E-state index contributed by atoms with van der Waals surface area (Å²) in [6, 6.07) is 0. The van der Waals surface area contributed by atoms with Crippen molar-refractivity contribution in [2.24, 2.45) is 5.73 Å². The fraction of sp³-hybridized carbons (Fsp3) is 1.00. The highest BCUT2D eigenvalue weighted by Gasteiger charge is 2.20. The van der Waals surface area contributed by atoms with Gasteiger partial charge in [-0.1, -0.05) is 0 Å². The standard InChI is InChI=1S/C4H11NO3.C3H9ClNO2P/c5-4(1-6,2-7)3-8;1-8(6,7)5-3-2-4/h6-8H,1-3,5H2;2-3H2,1H3,(H2,5,6,7). The maximum atomic E-state index is 10.4. The van der Waals surface area contributed by atoms with Crippen LogP contribution in [0.1, 0.15) is 0 Å². The largest absolute Gasteiger partial charge is 0.394 e. The van der Waals surface area contributed by atoms with Crippen LogP contribution in [-0.4, -0.2) is 64.7 Å². The van der Waals surface area contributed by atoms with Gasteiger partial charge >= 0.3 is 0 Å². The number of aliphatic hydroxyl groups excluding tert-OH is 3. The molecular formula is C7H20ClN2O5P. The molecule has 0 saturated carbocycles. The second kappa shape index (κ2) is 9.32. The van der Waals surface area contributed by atoms with E-state index in [1.165, 1.54) is 6.66 Å². The molecule has 100 valence electrons. The number of aliphatic hydroxyl groups is 3. The van der Waals surface area contributed by atoms with Crippen molar-refractivity contribution in [1.82, 2.24) is 5.09 Å². The number of halogens is 1. The maximum Gasteiger partial charge on any atom is 0.264 e. The van der Waals surface area contributed by atoms with Gasteiger partial charge in [0.2, 0.25) is 0 Å². The summed E-state index contributed by atoms with van der Waals surface area (Å²) in [5, 5.41) is 27.4. The van der Waals surface area contributed by atoms with Crippen LogP contribution in [0.15, 0.2) is 0 Å². The summed E-state index contributed by atoms with van der Waals surface area (Å²) in [6.07, 6.45) is 0. The van der Waals surface area contributed by atoms with E-state index in [1.54, 1.807) is 0 Å². The van der Waals surface area contributed by atoms with Crippen LogP contribution in [0.5, 0.6) is 0 Å². The molecule has 0 rings (SSSR count). The van der Waals surface area contributed by atoms with E-state index in [1.807, 2.05) is 0 Å². The van der Waals surface area contributed by atoms with Gasteiger partial charge in [-0.3, -0.25) is 4.57 Å². The zero-order chi connectivity index (χ0) is 13.2. The van der Waals surface area contributed by atoms with Crippen molar-refractivity contribution in [2.75, 3.05) is 38.9 Å². The molecule has 0 aromatic rings. The van der Waals surface area contributed by atoms with Gasteiger partial charge in [-0.2, -0.15) is 0 Å². The average molecular weight is 279 g/mol. The van der Waals surface area contributed by atoms with Crippen LogP contribution in [0.25, 0.3) is 0 Å². The molecule has 1 atom stereocenters. The van der Waals surface area contributed by atoms with E-state index in [9.17, 15) is 4.57 Å². The molecule has 0 saturated heterocycles. The molecule has 0 radical (unpaired) electrons. The number of hydrogen-bond acceptors (Lipinski definition) is 5. The minimum absolute atomic E-state index is 0.360. The van der Waals surface area contributed by atoms with E-state index in [0.717, 1.165) is 0 Å². The molecule has 0 aliphatic carbocycles. The van der Waals surface area contributed by atoms with Gasteiger partial charge < -0.3 is 25.9 Å². The van der Waals surface area contributed by atoms with E-state index in [-0.39, 0.29) is 0 Å². The molecule has 9 heteroatoms. The Morgan fingerprint density at radius 1 is 1.31 bits per heavy atom. The van der Waals surface area contributed by atoms with E-state index in [4.69, 9.17) is 37.5 Å². The Balaban J connectivity index is 0. The van der Waals surface area contributed by atoms with Crippen LogP contribution >= 0.6 is 19.1 Å². The summed E-state index contributed by atoms with van der Waals surface area (Å²) in [6.45, 7) is 0.408. The Morgan fingerprint density at radius 3 is 1.75 bits per heavy atom. The molecular weight excluding hydrogens is 259 g/mol. The summed E-state index contributed by atoms with van der Waals surface area (Å²) in [5.74, 6) is 0.360. The number of rotatable bonds is 6. The fourth-order valence-electron chi connectivity index (χ4n) is 0.400. The summed E-state index contributed by atoms with van der Waals surface area (Å²) in [5.41, 5.74) is 3.94. The lowest BCUT2D eigenvalue weighted by Gasteiger charge is -2.20. The van der Waals surface area contributed by atoms with Crippen LogP contribution in [0.3, 0.4) is 0 Å². The molecule has 7 nitrogen and oxygen atoms in total. The SMILES string of the molecule is CP(=O)(O)NCCCl.NC(CO)(CO)CO. The van der Waals surface area contributed by atoms with Gasteiger partial charge in [-0.15, -0.1) is 11.6 Å². The number of alkyl halides is 1. The average Bonchev–Trinajstić information content (AvgIpc) is 2.25. The molecule has 0 bridgehead atoms. The van der Waals surface area contributed by atoms with E-state index < -0.39 is 32.9 Å². The van der Waals surface area contributed by atoms with Crippen molar-refractivity contribution in [3.05, 3.63) is 0 Å². The van der Waals surface area contributed by atoms with Crippen LogP contribution in [-0.2, 0) is 4.57 Å². The van der Waals surface area contributed by atoms with Gasteiger partial charge in [0.15, 0.2) is 0 Å². The van der Waals surface area contributed by atoms with Crippen molar-refractivity contribution in [1.29, 1.82) is 0 Å². The minimum Gasteiger partial charge on any atom is -0.394 e. The van der Waals surface area contributed by atoms with Crippen LogP contribution in [0, 0.1) is 0 Å². The molecule has 0 heterocycles. The molecule has 0 amide bonds. The molecule has 0 aromatic heterocycles. The van der Waals surface area contributed by atoms with Crippen molar-refractivity contribution < 1.29 is 24.8 Å². The molecule has 0 aliphatic heterocycles. The number of hydrogen-bond donors (Lipinski definition) is 6. The molecule has 0 aromatic carbocycles. The van der Waals surface area contributed by atoms with Crippen molar-refractivity contribution >= 4 is 19.1 Å². The van der Waals surface area contributed by atoms with Gasteiger partial charge in [0.25, 0.3) is 7.52 Å². The topological polar surface area (TPSA) is 136 Å². The van der Waals surface area contributed by atoms with Gasteiger partial charge in [0.1, 0.15) is 0 Å². The molecule has 0 spiro atoms. The van der Waals surface area contributed by atoms with Gasteiger partial charge in [0, 0.05) is 19.1 Å². The number of nitrogens with two attached hydrogens (primary N) is 1. The van der Waals surface area contributed by atoms with Crippen molar-refractivity contribution in [3.63, 3.8) is 0 Å². The second-order valence-electron chi connectivity index (χ2n) is 3.31. The molecule has 7 N–H and O–H groups in total. The van der Waals surface area contributed by atoms with Crippen LogP contribution < -0.4 is 10.8 Å². The molecule has 16 heavy (non-hydrogen) atoms. The van der Waals surface area contributed by atoms with Crippen molar-refractivity contribution in [2.45, 2.75) is 5.54 Å². The van der Waals surface area contributed by atoms with Crippen LogP contribution in [0.2, 0.25) is 0 Å². The lowest BCUT2D eigenvalue weighted by Crippen LogP contribution is -2.50. The Morgan fingerprint density at radius 2 is 1.69 bits per heavy atom. The summed E-state index contributed by atoms with van der Waals surface area (Å²) < 4.78 is 10.4. The first-order valence-electron chi connectivity index (χ1n) is 4.47. The smallest absolute Gasteiger partial charge is 0.264 e. The van der Waals surface area contributed by atoms with E-state index in [0.29, 0.717) is 12.4 Å². The maximum absolute atomic E-state index is 10.4. The first-order valence-corrected chi connectivity index (χ1v) is 7.11. The number of nitrogens with one attached hydrogen (secondary N) is 1. The Labute approximate surface area is 99.7 Å². The first-order chi connectivity index (χ1) is 7.24. The van der Waals surface area contributed by atoms with Gasteiger partial charge in [0.05, 0.1) is 25.4 Å². The zero-order valence-electron chi connectivity index (χ0n) is 9.14. The van der Waals surface area contributed by atoms with Gasteiger partial charge in [-0.05, 0) is 0 Å². The lowest BCUT2D eigenvalue weighted by molar-refractivity contribution is 0.0698. The van der Waals surface area contributed by atoms with Crippen molar-refractivity contribution in [3.8, 4) is 0 Å². The third-order valence-electron chi connectivity index (χ3n) is 1.44. The predicted molar refractivity (Wildman–Crippen MR) is 62.6 cm³/mol. The van der Waals surface area contributed by atoms with Crippen LogP contribution in [0.4, 0.5) is 0 Å². The summed E-state index contributed by atoms with van der Waals surface area (Å²) in [7, 11) is -3.02. The molecule has 0 aliphatic rings. The summed E-state index contributed by atoms with van der Waals surface area (Å²) >= 11 is 5.21. The molecule has 1 unspecified atom stereocenters. The Kier molecular flexibility index (Phi) is 10.9. The lowest BCUT2D eigenvalue weighted by atomic mass is 10.1. The fourth-order valence-corrected chi connectivity index (χ4v) is 1.15. The third kappa shape index (κ3) is 12.4. The molecule has 0 fully saturated rings.